The maximum absolute atomic E-state index is 3.53. The van der Waals surface area contributed by atoms with Gasteiger partial charge in [0.05, 0.1) is 5.54 Å². The van der Waals surface area contributed by atoms with Gasteiger partial charge in [0.25, 0.3) is 0 Å². The van der Waals surface area contributed by atoms with E-state index in [0.29, 0.717) is 0 Å². The molecule has 0 fully saturated rings. The Morgan fingerprint density at radius 3 is 2.20 bits per heavy atom. The van der Waals surface area contributed by atoms with Crippen LogP contribution in [0.3, 0.4) is 0 Å². The Labute approximate surface area is 63.7 Å². The van der Waals surface area contributed by atoms with Gasteiger partial charge in [-0.2, -0.15) is 0 Å². The largest absolute Gasteiger partial charge is 0.294 e. The quantitative estimate of drug-likeness (QED) is 0.495. The van der Waals surface area contributed by atoms with Gasteiger partial charge in [0.15, 0.2) is 0 Å². The van der Waals surface area contributed by atoms with Gasteiger partial charge in [-0.15, -0.1) is 0 Å². The van der Waals surface area contributed by atoms with Gasteiger partial charge in [-0.1, -0.05) is 18.4 Å². The predicted octanol–water partition coefficient (Wildman–Crippen LogP) is 1.52. The van der Waals surface area contributed by atoms with Crippen molar-refractivity contribution in [1.82, 2.24) is 4.90 Å². The van der Waals surface area contributed by atoms with E-state index in [4.69, 9.17) is 0 Å². The van der Waals surface area contributed by atoms with Crippen molar-refractivity contribution in [2.45, 2.75) is 19.4 Å². The highest BCUT2D eigenvalue weighted by Crippen LogP contribution is 2.06. The van der Waals surface area contributed by atoms with Crippen LogP contribution >= 0.6 is 0 Å². The first-order valence-electron chi connectivity index (χ1n) is 3.31. The third-order valence-corrected chi connectivity index (χ3v) is 1.60. The molecule has 0 saturated heterocycles. The minimum absolute atomic E-state index is 0.0474. The summed E-state index contributed by atoms with van der Waals surface area (Å²) in [5.74, 6) is 5.91. The summed E-state index contributed by atoms with van der Waals surface area (Å²) in [6.07, 6.45) is 1.62. The molecule has 0 aliphatic carbocycles. The molecule has 56 valence electrons. The first-order valence-corrected chi connectivity index (χ1v) is 3.31. The fourth-order valence-corrected chi connectivity index (χ4v) is 0.339. The van der Waals surface area contributed by atoms with Crippen molar-refractivity contribution < 1.29 is 0 Å². The van der Waals surface area contributed by atoms with Gasteiger partial charge >= 0.3 is 0 Å². The molecule has 0 saturated carbocycles. The van der Waals surface area contributed by atoms with E-state index < -0.39 is 0 Å². The summed E-state index contributed by atoms with van der Waals surface area (Å²) in [5, 5.41) is 0. The van der Waals surface area contributed by atoms with E-state index in [9.17, 15) is 0 Å². The first-order chi connectivity index (χ1) is 4.50. The maximum Gasteiger partial charge on any atom is 0.0767 e. The van der Waals surface area contributed by atoms with Crippen LogP contribution in [0.15, 0.2) is 12.7 Å². The van der Waals surface area contributed by atoms with Crippen LogP contribution in [0.2, 0.25) is 0 Å². The lowest BCUT2D eigenvalue weighted by molar-refractivity contribution is 0.263. The minimum Gasteiger partial charge on any atom is -0.294 e. The standard InChI is InChI=1S/C9H15N/c1-6-7-8-9(2,3)10(4)5/h6H,1H2,2-5H3. The summed E-state index contributed by atoms with van der Waals surface area (Å²) >= 11 is 0. The number of rotatable bonds is 1. The van der Waals surface area contributed by atoms with E-state index >= 15 is 0 Å². The van der Waals surface area contributed by atoms with Gasteiger partial charge in [0, 0.05) is 0 Å². The smallest absolute Gasteiger partial charge is 0.0767 e. The van der Waals surface area contributed by atoms with Crippen LogP contribution in [0.4, 0.5) is 0 Å². The molecule has 1 nitrogen and oxygen atoms in total. The van der Waals surface area contributed by atoms with Gasteiger partial charge in [-0.25, -0.2) is 0 Å². The van der Waals surface area contributed by atoms with E-state index in [2.05, 4.69) is 37.2 Å². The van der Waals surface area contributed by atoms with Gasteiger partial charge in [-0.3, -0.25) is 4.90 Å². The maximum atomic E-state index is 3.53. The number of hydrogen-bond acceptors (Lipinski definition) is 1. The molecule has 0 aromatic carbocycles. The number of nitrogens with zero attached hydrogens (tertiary/aromatic N) is 1. The average molecular weight is 137 g/mol. The molecule has 0 amide bonds. The van der Waals surface area contributed by atoms with Crippen molar-refractivity contribution in [3.05, 3.63) is 12.7 Å². The second-order valence-corrected chi connectivity index (χ2v) is 2.93. The van der Waals surface area contributed by atoms with Gasteiger partial charge in [-0.05, 0) is 34.0 Å². The molecule has 0 aliphatic heterocycles. The molecule has 0 aromatic heterocycles. The Kier molecular flexibility index (Phi) is 3.18. The van der Waals surface area contributed by atoms with E-state index in [0.717, 1.165) is 0 Å². The third-order valence-electron chi connectivity index (χ3n) is 1.60. The molecular weight excluding hydrogens is 122 g/mol. The monoisotopic (exact) mass is 137 g/mol. The Morgan fingerprint density at radius 1 is 1.40 bits per heavy atom. The van der Waals surface area contributed by atoms with Crippen LogP contribution in [0, 0.1) is 11.8 Å². The van der Waals surface area contributed by atoms with Crippen molar-refractivity contribution in [3.8, 4) is 11.8 Å². The van der Waals surface area contributed by atoms with Crippen molar-refractivity contribution in [3.63, 3.8) is 0 Å². The van der Waals surface area contributed by atoms with Gasteiger partial charge in [0.2, 0.25) is 0 Å². The molecule has 0 atom stereocenters. The first kappa shape index (κ1) is 9.26. The Bertz CT molecular complexity index is 167. The summed E-state index contributed by atoms with van der Waals surface area (Å²) < 4.78 is 0. The predicted molar refractivity (Wildman–Crippen MR) is 45.7 cm³/mol. The molecule has 0 N–H and O–H groups in total. The molecule has 0 heterocycles. The zero-order valence-electron chi connectivity index (χ0n) is 7.23. The highest BCUT2D eigenvalue weighted by atomic mass is 15.1. The summed E-state index contributed by atoms with van der Waals surface area (Å²) in [4.78, 5) is 2.07. The highest BCUT2D eigenvalue weighted by molar-refractivity contribution is 5.20. The molecule has 0 rings (SSSR count). The molecule has 0 radical (unpaired) electrons. The van der Waals surface area contributed by atoms with Crippen molar-refractivity contribution in [1.29, 1.82) is 0 Å². The Morgan fingerprint density at radius 2 is 1.90 bits per heavy atom. The summed E-state index contributed by atoms with van der Waals surface area (Å²) in [5.41, 5.74) is -0.0474. The van der Waals surface area contributed by atoms with E-state index in [-0.39, 0.29) is 5.54 Å². The molecule has 0 aliphatic rings. The number of allylic oxidation sites excluding steroid dienone is 1. The molecular formula is C9H15N. The summed E-state index contributed by atoms with van der Waals surface area (Å²) in [7, 11) is 4.02. The van der Waals surface area contributed by atoms with E-state index in [1.54, 1.807) is 6.08 Å². The Hall–Kier alpha value is -0.740. The Balaban J connectivity index is 4.25. The normalized spacial score (nSPS) is 10.5. The molecule has 0 aromatic rings. The zero-order chi connectivity index (χ0) is 8.20. The van der Waals surface area contributed by atoms with Crippen LogP contribution in [-0.4, -0.2) is 24.5 Å². The summed E-state index contributed by atoms with van der Waals surface area (Å²) in [6.45, 7) is 7.68. The fourth-order valence-electron chi connectivity index (χ4n) is 0.339. The van der Waals surface area contributed by atoms with Crippen molar-refractivity contribution in [2.75, 3.05) is 14.1 Å². The number of hydrogen-bond donors (Lipinski definition) is 0. The van der Waals surface area contributed by atoms with Crippen LogP contribution in [-0.2, 0) is 0 Å². The molecule has 0 bridgehead atoms. The lowest BCUT2D eigenvalue weighted by Gasteiger charge is -2.26. The topological polar surface area (TPSA) is 3.24 Å². The zero-order valence-corrected chi connectivity index (χ0v) is 7.23. The average Bonchev–Trinajstić information content (AvgIpc) is 1.84. The van der Waals surface area contributed by atoms with Crippen LogP contribution < -0.4 is 0 Å². The molecule has 10 heavy (non-hydrogen) atoms. The summed E-state index contributed by atoms with van der Waals surface area (Å²) in [6, 6.07) is 0. The fraction of sp³-hybridized carbons (Fsp3) is 0.556. The second kappa shape index (κ2) is 3.43. The molecule has 1 heteroatoms. The molecule has 0 spiro atoms. The minimum atomic E-state index is -0.0474. The lowest BCUT2D eigenvalue weighted by atomic mass is 10.1. The second-order valence-electron chi connectivity index (χ2n) is 2.93. The SMILES string of the molecule is C=CC#CC(C)(C)N(C)C. The van der Waals surface area contributed by atoms with Gasteiger partial charge in [0.1, 0.15) is 0 Å². The van der Waals surface area contributed by atoms with Crippen molar-refractivity contribution in [2.24, 2.45) is 0 Å². The molecule has 0 unspecified atom stereocenters. The van der Waals surface area contributed by atoms with Gasteiger partial charge < -0.3 is 0 Å². The van der Waals surface area contributed by atoms with Crippen LogP contribution in [0.1, 0.15) is 13.8 Å². The van der Waals surface area contributed by atoms with E-state index in [1.807, 2.05) is 14.1 Å². The van der Waals surface area contributed by atoms with Crippen LogP contribution in [0.25, 0.3) is 0 Å². The van der Waals surface area contributed by atoms with Crippen molar-refractivity contribution >= 4 is 0 Å². The van der Waals surface area contributed by atoms with Crippen LogP contribution in [0.5, 0.6) is 0 Å². The highest BCUT2D eigenvalue weighted by Gasteiger charge is 2.15. The third kappa shape index (κ3) is 2.70. The van der Waals surface area contributed by atoms with E-state index in [1.165, 1.54) is 0 Å². The lowest BCUT2D eigenvalue weighted by Crippen LogP contribution is -2.36.